The lowest BCUT2D eigenvalue weighted by Gasteiger charge is -2.39. The molecule has 0 aromatic heterocycles. The van der Waals surface area contributed by atoms with Crippen LogP contribution >= 0.6 is 0 Å². The second-order valence-electron chi connectivity index (χ2n) is 5.98. The van der Waals surface area contributed by atoms with E-state index in [1.165, 1.54) is 0 Å². The number of hydrogen-bond donors (Lipinski definition) is 0. The van der Waals surface area contributed by atoms with Crippen LogP contribution in [0.5, 0.6) is 0 Å². The molecule has 0 aromatic rings. The van der Waals surface area contributed by atoms with E-state index in [0.29, 0.717) is 13.0 Å². The second kappa shape index (κ2) is 5.72. The minimum absolute atomic E-state index is 0.0312. The average molecular weight is 255 g/mol. The van der Waals surface area contributed by atoms with Crippen LogP contribution in [0.4, 0.5) is 4.79 Å². The minimum atomic E-state index is -0.488. The molecule has 4 heteroatoms. The molecule has 18 heavy (non-hydrogen) atoms. The van der Waals surface area contributed by atoms with Crippen LogP contribution in [0.1, 0.15) is 53.9 Å². The van der Waals surface area contributed by atoms with Crippen LogP contribution in [-0.2, 0) is 9.53 Å². The van der Waals surface area contributed by atoms with Crippen molar-refractivity contribution in [2.45, 2.75) is 65.5 Å². The van der Waals surface area contributed by atoms with Gasteiger partial charge in [-0.2, -0.15) is 0 Å². The van der Waals surface area contributed by atoms with Crippen LogP contribution in [0.3, 0.4) is 0 Å². The monoisotopic (exact) mass is 255 g/mol. The molecule has 1 fully saturated rings. The number of amides is 1. The third-order valence-corrected chi connectivity index (χ3v) is 3.38. The van der Waals surface area contributed by atoms with E-state index in [-0.39, 0.29) is 23.8 Å². The Kier molecular flexibility index (Phi) is 4.77. The van der Waals surface area contributed by atoms with E-state index >= 15 is 0 Å². The van der Waals surface area contributed by atoms with E-state index in [2.05, 4.69) is 0 Å². The highest BCUT2D eigenvalue weighted by Crippen LogP contribution is 2.26. The van der Waals surface area contributed by atoms with Gasteiger partial charge in [0.15, 0.2) is 0 Å². The van der Waals surface area contributed by atoms with Crippen molar-refractivity contribution in [3.8, 4) is 0 Å². The molecule has 1 saturated heterocycles. The zero-order chi connectivity index (χ0) is 13.9. The molecule has 0 bridgehead atoms. The predicted molar refractivity (Wildman–Crippen MR) is 70.4 cm³/mol. The van der Waals surface area contributed by atoms with E-state index < -0.39 is 5.60 Å². The molecule has 0 spiro atoms. The summed E-state index contributed by atoms with van der Waals surface area (Å²) in [4.78, 5) is 25.6. The number of carbonyl (C=O) groups is 2. The molecule has 104 valence electrons. The molecule has 1 aliphatic rings. The van der Waals surface area contributed by atoms with Gasteiger partial charge in [-0.3, -0.25) is 4.79 Å². The Labute approximate surface area is 110 Å². The van der Waals surface area contributed by atoms with Crippen molar-refractivity contribution in [1.82, 2.24) is 4.90 Å². The summed E-state index contributed by atoms with van der Waals surface area (Å²) in [6.07, 6.45) is 1.99. The van der Waals surface area contributed by atoms with Crippen LogP contribution in [0.2, 0.25) is 0 Å². The fourth-order valence-electron chi connectivity index (χ4n) is 2.41. The molecule has 0 N–H and O–H groups in total. The number of nitrogens with zero attached hydrogens (tertiary/aromatic N) is 1. The van der Waals surface area contributed by atoms with Gasteiger partial charge in [-0.15, -0.1) is 0 Å². The van der Waals surface area contributed by atoms with Crippen LogP contribution in [0.25, 0.3) is 0 Å². The van der Waals surface area contributed by atoms with Gasteiger partial charge in [-0.1, -0.05) is 6.92 Å². The van der Waals surface area contributed by atoms with Crippen LogP contribution < -0.4 is 0 Å². The van der Waals surface area contributed by atoms with E-state index in [1.54, 1.807) is 4.90 Å². The Morgan fingerprint density at radius 3 is 2.44 bits per heavy atom. The number of ketones is 1. The fraction of sp³-hybridized carbons (Fsp3) is 0.857. The molecule has 0 aliphatic carbocycles. The van der Waals surface area contributed by atoms with Crippen LogP contribution in [-0.4, -0.2) is 35.0 Å². The van der Waals surface area contributed by atoms with Gasteiger partial charge in [0.25, 0.3) is 0 Å². The maximum absolute atomic E-state index is 12.1. The molecule has 2 atom stereocenters. The third kappa shape index (κ3) is 3.72. The molecular formula is C14H25NO3. The number of piperidine rings is 1. The number of rotatable bonds is 2. The standard InChI is InChI=1S/C14H25NO3/c1-6-12(16)11-8-7-9-15(10(11)2)13(17)18-14(3,4)5/h10-11H,6-9H2,1-5H3/t10-,11-/m0/s1. The average Bonchev–Trinajstić information content (AvgIpc) is 2.26. The van der Waals surface area contributed by atoms with Crippen molar-refractivity contribution in [3.63, 3.8) is 0 Å². The number of likely N-dealkylation sites (tertiary alicyclic amines) is 1. The van der Waals surface area contributed by atoms with Crippen molar-refractivity contribution in [3.05, 3.63) is 0 Å². The number of ether oxygens (including phenoxy) is 1. The maximum Gasteiger partial charge on any atom is 0.410 e. The molecule has 1 aliphatic heterocycles. The van der Waals surface area contributed by atoms with Gasteiger partial charge in [0.1, 0.15) is 11.4 Å². The molecular weight excluding hydrogens is 230 g/mol. The van der Waals surface area contributed by atoms with Gasteiger partial charge < -0.3 is 9.64 Å². The van der Waals surface area contributed by atoms with Gasteiger partial charge in [0.2, 0.25) is 0 Å². The topological polar surface area (TPSA) is 46.6 Å². The molecule has 1 heterocycles. The van der Waals surface area contributed by atoms with Crippen LogP contribution in [0, 0.1) is 5.92 Å². The summed E-state index contributed by atoms with van der Waals surface area (Å²) in [6.45, 7) is 10.1. The lowest BCUT2D eigenvalue weighted by molar-refractivity contribution is -0.125. The van der Waals surface area contributed by atoms with Crippen molar-refractivity contribution < 1.29 is 14.3 Å². The normalized spacial score (nSPS) is 24.8. The summed E-state index contributed by atoms with van der Waals surface area (Å²) >= 11 is 0. The SMILES string of the molecule is CCC(=O)[C@H]1CCCN(C(=O)OC(C)(C)C)[C@H]1C. The lowest BCUT2D eigenvalue weighted by atomic mass is 9.86. The Balaban J connectivity index is 2.71. The zero-order valence-corrected chi connectivity index (χ0v) is 12.2. The van der Waals surface area contributed by atoms with Gasteiger partial charge >= 0.3 is 6.09 Å². The second-order valence-corrected chi connectivity index (χ2v) is 5.98. The predicted octanol–water partition coefficient (Wildman–Crippen LogP) is 3.00. The van der Waals surface area contributed by atoms with Gasteiger partial charge in [-0.25, -0.2) is 4.79 Å². The summed E-state index contributed by atoms with van der Waals surface area (Å²) in [5.41, 5.74) is -0.488. The van der Waals surface area contributed by atoms with Crippen molar-refractivity contribution in [2.24, 2.45) is 5.92 Å². The van der Waals surface area contributed by atoms with Crippen molar-refractivity contribution >= 4 is 11.9 Å². The summed E-state index contributed by atoms with van der Waals surface area (Å²) in [5.74, 6) is 0.215. The summed E-state index contributed by atoms with van der Waals surface area (Å²) in [6, 6.07) is -0.0546. The smallest absolute Gasteiger partial charge is 0.410 e. The summed E-state index contributed by atoms with van der Waals surface area (Å²) in [5, 5.41) is 0. The number of hydrogen-bond acceptors (Lipinski definition) is 3. The minimum Gasteiger partial charge on any atom is -0.444 e. The quantitative estimate of drug-likeness (QED) is 0.762. The molecule has 1 rings (SSSR count). The zero-order valence-electron chi connectivity index (χ0n) is 12.2. The van der Waals surface area contributed by atoms with E-state index in [9.17, 15) is 9.59 Å². The van der Waals surface area contributed by atoms with Crippen LogP contribution in [0.15, 0.2) is 0 Å². The van der Waals surface area contributed by atoms with Crippen molar-refractivity contribution in [1.29, 1.82) is 0 Å². The Hall–Kier alpha value is -1.06. The molecule has 1 amide bonds. The highest BCUT2D eigenvalue weighted by molar-refractivity contribution is 5.82. The molecule has 0 radical (unpaired) electrons. The summed E-state index contributed by atoms with van der Waals surface area (Å²) in [7, 11) is 0. The van der Waals surface area contributed by atoms with Gasteiger partial charge in [0.05, 0.1) is 0 Å². The Bertz CT molecular complexity index is 319. The third-order valence-electron chi connectivity index (χ3n) is 3.38. The largest absolute Gasteiger partial charge is 0.444 e. The first-order chi connectivity index (χ1) is 8.26. The van der Waals surface area contributed by atoms with E-state index in [4.69, 9.17) is 4.74 Å². The molecule has 4 nitrogen and oxygen atoms in total. The highest BCUT2D eigenvalue weighted by atomic mass is 16.6. The molecule has 0 aromatic carbocycles. The van der Waals surface area contributed by atoms with Gasteiger partial charge in [-0.05, 0) is 40.5 Å². The fourth-order valence-corrected chi connectivity index (χ4v) is 2.41. The highest BCUT2D eigenvalue weighted by Gasteiger charge is 2.36. The first-order valence-electron chi connectivity index (χ1n) is 6.78. The number of Topliss-reactive ketones (excluding diaryl/α,β-unsaturated/α-hetero) is 1. The molecule has 0 saturated carbocycles. The van der Waals surface area contributed by atoms with Crippen molar-refractivity contribution in [2.75, 3.05) is 6.54 Å². The number of carbonyl (C=O) groups excluding carboxylic acids is 2. The lowest BCUT2D eigenvalue weighted by Crippen LogP contribution is -2.50. The Morgan fingerprint density at radius 1 is 1.33 bits per heavy atom. The Morgan fingerprint density at radius 2 is 1.94 bits per heavy atom. The summed E-state index contributed by atoms with van der Waals surface area (Å²) < 4.78 is 5.39. The van der Waals surface area contributed by atoms with E-state index in [0.717, 1.165) is 12.8 Å². The molecule has 0 unspecified atom stereocenters. The maximum atomic E-state index is 12.1. The first kappa shape index (κ1) is 15.0. The van der Waals surface area contributed by atoms with E-state index in [1.807, 2.05) is 34.6 Å². The van der Waals surface area contributed by atoms with Gasteiger partial charge in [0, 0.05) is 24.9 Å². The first-order valence-corrected chi connectivity index (χ1v) is 6.78.